The molecule has 0 radical (unpaired) electrons. The van der Waals surface area contributed by atoms with Crippen molar-refractivity contribution in [2.24, 2.45) is 0 Å². The molecule has 0 aliphatic rings. The van der Waals surface area contributed by atoms with E-state index >= 15 is 0 Å². The normalized spacial score (nSPS) is 11.4. The summed E-state index contributed by atoms with van der Waals surface area (Å²) in [5.41, 5.74) is -0.0116. The maximum Gasteiger partial charge on any atom is 0.417 e. The highest BCUT2D eigenvalue weighted by Crippen LogP contribution is 2.36. The van der Waals surface area contributed by atoms with Crippen molar-refractivity contribution < 1.29 is 18.3 Å². The number of phenols is 1. The van der Waals surface area contributed by atoms with Crippen LogP contribution in [-0.4, -0.2) is 5.11 Å². The summed E-state index contributed by atoms with van der Waals surface area (Å²) < 4.78 is 38.1. The van der Waals surface area contributed by atoms with Gasteiger partial charge in [-0.3, -0.25) is 0 Å². The Morgan fingerprint density at radius 3 is 2.45 bits per heavy atom. The third-order valence-electron chi connectivity index (χ3n) is 2.75. The number of benzene rings is 2. The highest BCUT2D eigenvalue weighted by atomic mass is 35.5. The van der Waals surface area contributed by atoms with Crippen molar-refractivity contribution in [3.05, 3.63) is 58.6 Å². The van der Waals surface area contributed by atoms with Crippen LogP contribution >= 0.6 is 11.6 Å². The number of halogens is 4. The first-order chi connectivity index (χ1) is 9.38. The zero-order chi connectivity index (χ0) is 14.8. The summed E-state index contributed by atoms with van der Waals surface area (Å²) in [5.74, 6) is 0.0880. The molecule has 2 aromatic carbocycles. The van der Waals surface area contributed by atoms with Crippen LogP contribution in [-0.2, 0) is 12.7 Å². The van der Waals surface area contributed by atoms with Gasteiger partial charge in [0.2, 0.25) is 0 Å². The highest BCUT2D eigenvalue weighted by molar-refractivity contribution is 6.31. The average Bonchev–Trinajstić information content (AvgIpc) is 2.38. The lowest BCUT2D eigenvalue weighted by atomic mass is 10.1. The van der Waals surface area contributed by atoms with Gasteiger partial charge in [-0.15, -0.1) is 0 Å². The largest absolute Gasteiger partial charge is 0.508 e. The number of rotatable bonds is 3. The van der Waals surface area contributed by atoms with E-state index in [1.165, 1.54) is 18.2 Å². The minimum atomic E-state index is -4.50. The summed E-state index contributed by atoms with van der Waals surface area (Å²) in [5, 5.41) is 12.1. The summed E-state index contributed by atoms with van der Waals surface area (Å²) in [7, 11) is 0. The molecular weight excluding hydrogens is 291 g/mol. The van der Waals surface area contributed by atoms with E-state index in [-0.39, 0.29) is 23.0 Å². The molecule has 2 aromatic rings. The SMILES string of the molecule is Oc1ccccc1CNc1ccc(Cl)c(C(F)(F)F)c1. The van der Waals surface area contributed by atoms with Crippen LogP contribution in [0.1, 0.15) is 11.1 Å². The van der Waals surface area contributed by atoms with E-state index in [9.17, 15) is 18.3 Å². The van der Waals surface area contributed by atoms with Crippen LogP contribution in [0.25, 0.3) is 0 Å². The molecule has 106 valence electrons. The van der Waals surface area contributed by atoms with Gasteiger partial charge in [0.1, 0.15) is 5.75 Å². The summed E-state index contributed by atoms with van der Waals surface area (Å²) in [4.78, 5) is 0. The van der Waals surface area contributed by atoms with Gasteiger partial charge in [0.15, 0.2) is 0 Å². The Morgan fingerprint density at radius 2 is 1.80 bits per heavy atom. The van der Waals surface area contributed by atoms with Crippen molar-refractivity contribution in [1.29, 1.82) is 0 Å². The van der Waals surface area contributed by atoms with Gasteiger partial charge < -0.3 is 10.4 Å². The van der Waals surface area contributed by atoms with Crippen molar-refractivity contribution >= 4 is 17.3 Å². The third-order valence-corrected chi connectivity index (χ3v) is 3.08. The first-order valence-electron chi connectivity index (χ1n) is 5.75. The molecule has 0 aromatic heterocycles. The Bertz CT molecular complexity index is 614. The molecule has 0 saturated heterocycles. The molecule has 6 heteroatoms. The summed E-state index contributed by atoms with van der Waals surface area (Å²) in [6.45, 7) is 0.214. The summed E-state index contributed by atoms with van der Waals surface area (Å²) >= 11 is 5.54. The quantitative estimate of drug-likeness (QED) is 0.863. The average molecular weight is 302 g/mol. The second kappa shape index (κ2) is 5.63. The molecule has 0 amide bonds. The fourth-order valence-corrected chi connectivity index (χ4v) is 1.93. The van der Waals surface area contributed by atoms with Crippen LogP contribution in [0.5, 0.6) is 5.75 Å². The van der Waals surface area contributed by atoms with Gasteiger partial charge in [-0.1, -0.05) is 29.8 Å². The first kappa shape index (κ1) is 14.5. The Kier molecular flexibility index (Phi) is 4.09. The zero-order valence-electron chi connectivity index (χ0n) is 10.2. The number of anilines is 1. The van der Waals surface area contributed by atoms with E-state index in [1.807, 2.05) is 0 Å². The number of para-hydroxylation sites is 1. The Labute approximate surface area is 118 Å². The van der Waals surface area contributed by atoms with Crippen LogP contribution in [0.4, 0.5) is 18.9 Å². The highest BCUT2D eigenvalue weighted by Gasteiger charge is 2.33. The molecule has 0 unspecified atom stereocenters. The molecule has 0 atom stereocenters. The fourth-order valence-electron chi connectivity index (χ4n) is 1.71. The predicted octanol–water partition coefficient (Wildman–Crippen LogP) is 4.68. The van der Waals surface area contributed by atoms with Crippen molar-refractivity contribution in [3.8, 4) is 5.75 Å². The second-order valence-electron chi connectivity index (χ2n) is 4.17. The van der Waals surface area contributed by atoms with Crippen LogP contribution in [0.15, 0.2) is 42.5 Å². The molecule has 2 rings (SSSR count). The van der Waals surface area contributed by atoms with Crippen molar-refractivity contribution in [3.63, 3.8) is 0 Å². The molecule has 20 heavy (non-hydrogen) atoms. The van der Waals surface area contributed by atoms with Gasteiger partial charge in [-0.2, -0.15) is 13.2 Å². The molecule has 0 spiro atoms. The van der Waals surface area contributed by atoms with E-state index in [0.717, 1.165) is 6.07 Å². The number of hydrogen-bond donors (Lipinski definition) is 2. The van der Waals surface area contributed by atoms with Crippen LogP contribution < -0.4 is 5.32 Å². The molecule has 2 nitrogen and oxygen atoms in total. The topological polar surface area (TPSA) is 32.3 Å². The van der Waals surface area contributed by atoms with E-state index in [2.05, 4.69) is 5.32 Å². The predicted molar refractivity (Wildman–Crippen MR) is 71.9 cm³/mol. The maximum absolute atomic E-state index is 12.7. The Hall–Kier alpha value is -1.88. The van der Waals surface area contributed by atoms with Crippen molar-refractivity contribution in [2.75, 3.05) is 5.32 Å². The monoisotopic (exact) mass is 301 g/mol. The molecule has 0 heterocycles. The third kappa shape index (κ3) is 3.36. The van der Waals surface area contributed by atoms with Gasteiger partial charge in [0, 0.05) is 17.8 Å². The van der Waals surface area contributed by atoms with Crippen molar-refractivity contribution in [2.45, 2.75) is 12.7 Å². The maximum atomic E-state index is 12.7. The molecule has 0 bridgehead atoms. The van der Waals surface area contributed by atoms with Crippen LogP contribution in [0.3, 0.4) is 0 Å². The van der Waals surface area contributed by atoms with Crippen LogP contribution in [0, 0.1) is 0 Å². The van der Waals surface area contributed by atoms with Gasteiger partial charge >= 0.3 is 6.18 Å². The van der Waals surface area contributed by atoms with Gasteiger partial charge in [0.05, 0.1) is 10.6 Å². The molecule has 0 aliphatic carbocycles. The lowest BCUT2D eigenvalue weighted by Gasteiger charge is -2.12. The first-order valence-corrected chi connectivity index (χ1v) is 6.13. The number of alkyl halides is 3. The van der Waals surface area contributed by atoms with E-state index in [1.54, 1.807) is 18.2 Å². The standard InChI is InChI=1S/C14H11ClF3NO/c15-12-6-5-10(7-11(12)14(16,17)18)19-8-9-3-1-2-4-13(9)20/h1-7,19-20H,8H2. The summed E-state index contributed by atoms with van der Waals surface area (Å²) in [6, 6.07) is 10.2. The Balaban J connectivity index is 2.17. The lowest BCUT2D eigenvalue weighted by Crippen LogP contribution is -2.07. The van der Waals surface area contributed by atoms with E-state index in [0.29, 0.717) is 5.56 Å². The number of phenolic OH excluding ortho intramolecular Hbond substituents is 1. The minimum absolute atomic E-state index is 0.0880. The summed E-state index contributed by atoms with van der Waals surface area (Å²) in [6.07, 6.45) is -4.50. The van der Waals surface area contributed by atoms with Gasteiger partial charge in [-0.25, -0.2) is 0 Å². The molecular formula is C14H11ClF3NO. The number of hydrogen-bond acceptors (Lipinski definition) is 2. The lowest BCUT2D eigenvalue weighted by molar-refractivity contribution is -0.137. The number of nitrogens with one attached hydrogen (secondary N) is 1. The van der Waals surface area contributed by atoms with E-state index < -0.39 is 11.7 Å². The smallest absolute Gasteiger partial charge is 0.417 e. The van der Waals surface area contributed by atoms with Gasteiger partial charge in [-0.05, 0) is 24.3 Å². The van der Waals surface area contributed by atoms with Gasteiger partial charge in [0.25, 0.3) is 0 Å². The van der Waals surface area contributed by atoms with E-state index in [4.69, 9.17) is 11.6 Å². The molecule has 0 saturated carbocycles. The Morgan fingerprint density at radius 1 is 1.10 bits per heavy atom. The number of aromatic hydroxyl groups is 1. The minimum Gasteiger partial charge on any atom is -0.508 e. The fraction of sp³-hybridized carbons (Fsp3) is 0.143. The molecule has 0 fully saturated rings. The molecule has 0 aliphatic heterocycles. The zero-order valence-corrected chi connectivity index (χ0v) is 11.0. The molecule has 2 N–H and O–H groups in total. The van der Waals surface area contributed by atoms with Crippen LogP contribution in [0.2, 0.25) is 5.02 Å². The second-order valence-corrected chi connectivity index (χ2v) is 4.58. The van der Waals surface area contributed by atoms with Crippen molar-refractivity contribution in [1.82, 2.24) is 0 Å².